The normalized spacial score (nSPS) is 10.5. The molecule has 2 aromatic carbocycles. The van der Waals surface area contributed by atoms with Crippen molar-refractivity contribution in [3.05, 3.63) is 71.4 Å². The van der Waals surface area contributed by atoms with Gasteiger partial charge in [0.2, 0.25) is 0 Å². The molecule has 3 rings (SSSR count). The van der Waals surface area contributed by atoms with Gasteiger partial charge in [-0.3, -0.25) is 4.79 Å². The fourth-order valence-corrected chi connectivity index (χ4v) is 2.82. The number of nitrogens with one attached hydrogen (secondary N) is 1. The average Bonchev–Trinajstić information content (AvgIpc) is 3.09. The number of hydrogen-bond acceptors (Lipinski definition) is 4. The first-order valence-corrected chi connectivity index (χ1v) is 8.80. The second kappa shape index (κ2) is 8.40. The summed E-state index contributed by atoms with van der Waals surface area (Å²) in [5.74, 6) is 1.54. The van der Waals surface area contributed by atoms with Gasteiger partial charge in [-0.25, -0.2) is 4.68 Å². The molecule has 0 aliphatic heterocycles. The van der Waals surface area contributed by atoms with Crippen LogP contribution in [0.15, 0.2) is 54.7 Å². The third-order valence-corrected chi connectivity index (χ3v) is 4.10. The van der Waals surface area contributed by atoms with E-state index in [0.717, 1.165) is 5.56 Å². The lowest BCUT2D eigenvalue weighted by molar-refractivity contribution is 0.102. The van der Waals surface area contributed by atoms with Crippen LogP contribution in [-0.2, 0) is 6.54 Å². The lowest BCUT2D eigenvalue weighted by atomic mass is 10.1. The van der Waals surface area contributed by atoms with Crippen molar-refractivity contribution < 1.29 is 14.3 Å². The Morgan fingerprint density at radius 3 is 2.74 bits per heavy atom. The summed E-state index contributed by atoms with van der Waals surface area (Å²) in [5, 5.41) is 7.23. The first kappa shape index (κ1) is 18.5. The fraction of sp³-hybridized carbons (Fsp3) is 0.238. The Bertz CT molecular complexity index is 934. The molecule has 27 heavy (non-hydrogen) atoms. The van der Waals surface area contributed by atoms with E-state index in [-0.39, 0.29) is 5.91 Å². The Hall–Kier alpha value is -3.28. The van der Waals surface area contributed by atoms with E-state index in [2.05, 4.69) is 29.5 Å². The number of anilines is 1. The summed E-state index contributed by atoms with van der Waals surface area (Å²) >= 11 is 0. The molecule has 0 spiro atoms. The Morgan fingerprint density at radius 1 is 1.15 bits per heavy atom. The lowest BCUT2D eigenvalue weighted by Gasteiger charge is -2.12. The Balaban J connectivity index is 1.76. The second-order valence-corrected chi connectivity index (χ2v) is 6.12. The number of rotatable bonds is 7. The molecule has 0 unspecified atom stereocenters. The highest BCUT2D eigenvalue weighted by Crippen LogP contribution is 2.28. The minimum Gasteiger partial charge on any atom is -0.493 e. The summed E-state index contributed by atoms with van der Waals surface area (Å²) in [4.78, 5) is 12.7. The van der Waals surface area contributed by atoms with Gasteiger partial charge in [0, 0.05) is 11.6 Å². The number of carbonyl (C=O) groups is 1. The van der Waals surface area contributed by atoms with Crippen LogP contribution in [0.5, 0.6) is 11.5 Å². The van der Waals surface area contributed by atoms with Crippen molar-refractivity contribution in [1.29, 1.82) is 0 Å². The van der Waals surface area contributed by atoms with Crippen molar-refractivity contribution in [1.82, 2.24) is 9.78 Å². The molecule has 1 heterocycles. The maximum atomic E-state index is 12.7. The topological polar surface area (TPSA) is 65.4 Å². The number of aromatic nitrogens is 2. The van der Waals surface area contributed by atoms with Crippen LogP contribution in [0.3, 0.4) is 0 Å². The van der Waals surface area contributed by atoms with E-state index in [1.54, 1.807) is 42.3 Å². The number of carbonyl (C=O) groups excluding carboxylic acids is 1. The predicted octanol–water partition coefficient (Wildman–Crippen LogP) is 3.90. The zero-order chi connectivity index (χ0) is 19.2. The molecular formula is C21H23N3O3. The lowest BCUT2D eigenvalue weighted by Crippen LogP contribution is -2.16. The Labute approximate surface area is 158 Å². The quantitative estimate of drug-likeness (QED) is 0.690. The van der Waals surface area contributed by atoms with Crippen LogP contribution in [0.4, 0.5) is 5.82 Å². The predicted molar refractivity (Wildman–Crippen MR) is 105 cm³/mol. The molecule has 1 N–H and O–H groups in total. The fourth-order valence-electron chi connectivity index (χ4n) is 2.82. The minimum absolute atomic E-state index is 0.234. The molecule has 0 saturated carbocycles. The molecule has 1 amide bonds. The van der Waals surface area contributed by atoms with Crippen LogP contribution in [0.1, 0.15) is 28.4 Å². The van der Waals surface area contributed by atoms with Crippen molar-refractivity contribution in [3.8, 4) is 11.5 Å². The van der Waals surface area contributed by atoms with E-state index in [1.165, 1.54) is 5.56 Å². The van der Waals surface area contributed by atoms with Gasteiger partial charge in [0.25, 0.3) is 5.91 Å². The molecule has 1 aromatic heterocycles. The molecule has 0 saturated heterocycles. The van der Waals surface area contributed by atoms with Gasteiger partial charge in [-0.15, -0.1) is 0 Å². The molecular weight excluding hydrogens is 342 g/mol. The Kier molecular flexibility index (Phi) is 5.76. The molecule has 6 nitrogen and oxygen atoms in total. The van der Waals surface area contributed by atoms with E-state index in [4.69, 9.17) is 9.47 Å². The van der Waals surface area contributed by atoms with Crippen molar-refractivity contribution in [2.75, 3.05) is 19.0 Å². The largest absolute Gasteiger partial charge is 0.493 e. The van der Waals surface area contributed by atoms with Gasteiger partial charge in [0.15, 0.2) is 11.5 Å². The molecule has 0 bridgehead atoms. The second-order valence-electron chi connectivity index (χ2n) is 6.12. The van der Waals surface area contributed by atoms with Gasteiger partial charge >= 0.3 is 0 Å². The maximum Gasteiger partial charge on any atom is 0.256 e. The third kappa shape index (κ3) is 4.47. The highest BCUT2D eigenvalue weighted by Gasteiger charge is 2.13. The smallest absolute Gasteiger partial charge is 0.256 e. The third-order valence-electron chi connectivity index (χ3n) is 4.10. The molecule has 0 fully saturated rings. The molecule has 140 valence electrons. The number of nitrogens with zero attached hydrogens (tertiary/aromatic N) is 2. The summed E-state index contributed by atoms with van der Waals surface area (Å²) in [5.41, 5.74) is 2.79. The number of benzene rings is 2. The molecule has 0 aliphatic carbocycles. The summed E-state index contributed by atoms with van der Waals surface area (Å²) in [7, 11) is 1.55. The van der Waals surface area contributed by atoms with Crippen LogP contribution < -0.4 is 14.8 Å². The van der Waals surface area contributed by atoms with Gasteiger partial charge in [0.05, 0.1) is 26.5 Å². The van der Waals surface area contributed by atoms with Gasteiger partial charge in [-0.1, -0.05) is 29.8 Å². The first-order valence-electron chi connectivity index (χ1n) is 8.80. The highest BCUT2D eigenvalue weighted by molar-refractivity contribution is 6.04. The van der Waals surface area contributed by atoms with Gasteiger partial charge < -0.3 is 14.8 Å². The van der Waals surface area contributed by atoms with Crippen molar-refractivity contribution in [2.45, 2.75) is 20.4 Å². The maximum absolute atomic E-state index is 12.7. The number of amides is 1. The highest BCUT2D eigenvalue weighted by atomic mass is 16.5. The monoisotopic (exact) mass is 365 g/mol. The van der Waals surface area contributed by atoms with Gasteiger partial charge in [-0.05, 0) is 37.6 Å². The Morgan fingerprint density at radius 2 is 2.00 bits per heavy atom. The standard InChI is InChI=1S/C21H23N3O3/c1-4-27-18-9-8-17(13-19(18)26-3)21(25)23-20-10-11-22-24(20)14-16-7-5-6-15(2)12-16/h5-13H,4,14H2,1-3H3,(H,23,25). The van der Waals surface area contributed by atoms with Crippen LogP contribution in [-0.4, -0.2) is 29.4 Å². The zero-order valence-corrected chi connectivity index (χ0v) is 15.7. The molecule has 3 aromatic rings. The molecule has 0 atom stereocenters. The number of hydrogen-bond donors (Lipinski definition) is 1. The van der Waals surface area contributed by atoms with Crippen LogP contribution >= 0.6 is 0 Å². The summed E-state index contributed by atoms with van der Waals surface area (Å²) in [6, 6.07) is 15.1. The van der Waals surface area contributed by atoms with E-state index in [9.17, 15) is 4.79 Å². The van der Waals surface area contributed by atoms with E-state index in [0.29, 0.717) is 36.0 Å². The van der Waals surface area contributed by atoms with Crippen LogP contribution in [0, 0.1) is 6.92 Å². The number of methoxy groups -OCH3 is 1. The van der Waals surface area contributed by atoms with Crippen molar-refractivity contribution >= 4 is 11.7 Å². The van der Waals surface area contributed by atoms with E-state index >= 15 is 0 Å². The van der Waals surface area contributed by atoms with Crippen molar-refractivity contribution in [3.63, 3.8) is 0 Å². The SMILES string of the molecule is CCOc1ccc(C(=O)Nc2ccnn2Cc2cccc(C)c2)cc1OC. The first-order chi connectivity index (χ1) is 13.1. The molecule has 6 heteroatoms. The van der Waals surface area contributed by atoms with Crippen LogP contribution in [0.2, 0.25) is 0 Å². The zero-order valence-electron chi connectivity index (χ0n) is 15.7. The molecule has 0 aliphatic rings. The van der Waals surface area contributed by atoms with Crippen LogP contribution in [0.25, 0.3) is 0 Å². The molecule has 0 radical (unpaired) electrons. The summed E-state index contributed by atoms with van der Waals surface area (Å²) < 4.78 is 12.6. The number of ether oxygens (including phenoxy) is 2. The average molecular weight is 365 g/mol. The van der Waals surface area contributed by atoms with E-state index in [1.807, 2.05) is 19.1 Å². The van der Waals surface area contributed by atoms with Gasteiger partial charge in [-0.2, -0.15) is 5.10 Å². The van der Waals surface area contributed by atoms with Gasteiger partial charge in [0.1, 0.15) is 5.82 Å². The van der Waals surface area contributed by atoms with E-state index < -0.39 is 0 Å². The van der Waals surface area contributed by atoms with Crippen molar-refractivity contribution in [2.24, 2.45) is 0 Å². The minimum atomic E-state index is -0.234. The summed E-state index contributed by atoms with van der Waals surface area (Å²) in [6.07, 6.45) is 1.67. The number of aryl methyl sites for hydroxylation is 1. The summed E-state index contributed by atoms with van der Waals surface area (Å²) in [6.45, 7) is 5.06.